The fourth-order valence-corrected chi connectivity index (χ4v) is 2.31. The SMILES string of the molecule is COc1ccc(N=Cc2ccc(OC(=O)c3ccncc3)c(OC)c2)cc1. The van der Waals surface area contributed by atoms with E-state index in [0.717, 1.165) is 17.0 Å². The number of hydrogen-bond donors (Lipinski definition) is 0. The molecule has 0 aliphatic carbocycles. The number of methoxy groups -OCH3 is 2. The van der Waals surface area contributed by atoms with Gasteiger partial charge in [-0.2, -0.15) is 0 Å². The smallest absolute Gasteiger partial charge is 0.343 e. The normalized spacial score (nSPS) is 10.6. The Hall–Kier alpha value is -3.67. The maximum absolute atomic E-state index is 12.2. The number of aromatic nitrogens is 1. The van der Waals surface area contributed by atoms with Crippen LogP contribution >= 0.6 is 0 Å². The number of ether oxygens (including phenoxy) is 3. The van der Waals surface area contributed by atoms with Crippen LogP contribution < -0.4 is 14.2 Å². The number of benzene rings is 2. The summed E-state index contributed by atoms with van der Waals surface area (Å²) < 4.78 is 15.9. The van der Waals surface area contributed by atoms with E-state index in [1.54, 1.807) is 43.7 Å². The minimum Gasteiger partial charge on any atom is -0.497 e. The molecule has 0 aliphatic heterocycles. The van der Waals surface area contributed by atoms with Crippen molar-refractivity contribution in [2.45, 2.75) is 0 Å². The van der Waals surface area contributed by atoms with Crippen molar-refractivity contribution in [3.8, 4) is 17.2 Å². The van der Waals surface area contributed by atoms with Gasteiger partial charge in [-0.3, -0.25) is 9.98 Å². The lowest BCUT2D eigenvalue weighted by molar-refractivity contribution is 0.0729. The largest absolute Gasteiger partial charge is 0.497 e. The van der Waals surface area contributed by atoms with Crippen LogP contribution in [0.4, 0.5) is 5.69 Å². The van der Waals surface area contributed by atoms with E-state index in [2.05, 4.69) is 9.98 Å². The number of aliphatic imine (C=N–C) groups is 1. The molecule has 0 unspecified atom stereocenters. The van der Waals surface area contributed by atoms with Crippen LogP contribution in [0.1, 0.15) is 15.9 Å². The van der Waals surface area contributed by atoms with Crippen LogP contribution in [-0.2, 0) is 0 Å². The standard InChI is InChI=1S/C21H18N2O4/c1-25-18-6-4-17(5-7-18)23-14-15-3-8-19(20(13-15)26-2)27-21(24)16-9-11-22-12-10-16/h3-14H,1-2H3. The molecule has 0 atom stereocenters. The fourth-order valence-electron chi connectivity index (χ4n) is 2.31. The van der Waals surface area contributed by atoms with E-state index in [9.17, 15) is 4.79 Å². The lowest BCUT2D eigenvalue weighted by Gasteiger charge is -2.09. The number of nitrogens with zero attached hydrogens (tertiary/aromatic N) is 2. The van der Waals surface area contributed by atoms with Gasteiger partial charge in [0.2, 0.25) is 0 Å². The monoisotopic (exact) mass is 362 g/mol. The Balaban J connectivity index is 1.75. The van der Waals surface area contributed by atoms with E-state index >= 15 is 0 Å². The van der Waals surface area contributed by atoms with Crippen molar-refractivity contribution in [3.63, 3.8) is 0 Å². The van der Waals surface area contributed by atoms with E-state index < -0.39 is 5.97 Å². The van der Waals surface area contributed by atoms with Gasteiger partial charge in [0, 0.05) is 18.6 Å². The molecule has 0 spiro atoms. The summed E-state index contributed by atoms with van der Waals surface area (Å²) in [6.07, 6.45) is 4.78. The molecule has 136 valence electrons. The second kappa shape index (κ2) is 8.62. The van der Waals surface area contributed by atoms with Crippen molar-refractivity contribution in [1.82, 2.24) is 4.98 Å². The van der Waals surface area contributed by atoms with Crippen molar-refractivity contribution in [1.29, 1.82) is 0 Å². The molecule has 0 N–H and O–H groups in total. The van der Waals surface area contributed by atoms with Gasteiger partial charge >= 0.3 is 5.97 Å². The molecule has 0 saturated carbocycles. The first kappa shape index (κ1) is 18.1. The summed E-state index contributed by atoms with van der Waals surface area (Å²) in [6.45, 7) is 0. The molecule has 0 radical (unpaired) electrons. The lowest BCUT2D eigenvalue weighted by Crippen LogP contribution is -2.09. The van der Waals surface area contributed by atoms with Gasteiger partial charge in [0.1, 0.15) is 5.75 Å². The Morgan fingerprint density at radius 2 is 1.67 bits per heavy atom. The second-order valence-corrected chi connectivity index (χ2v) is 5.49. The quantitative estimate of drug-likeness (QED) is 0.376. The van der Waals surface area contributed by atoms with Crippen LogP contribution in [0, 0.1) is 0 Å². The van der Waals surface area contributed by atoms with Crippen LogP contribution in [-0.4, -0.2) is 31.4 Å². The predicted molar refractivity (Wildman–Crippen MR) is 102 cm³/mol. The molecule has 27 heavy (non-hydrogen) atoms. The molecular formula is C21H18N2O4. The van der Waals surface area contributed by atoms with Gasteiger partial charge in [-0.25, -0.2) is 4.79 Å². The van der Waals surface area contributed by atoms with Crippen LogP contribution in [0.5, 0.6) is 17.2 Å². The maximum atomic E-state index is 12.2. The summed E-state index contributed by atoms with van der Waals surface area (Å²) in [7, 11) is 3.14. The molecule has 3 rings (SSSR count). The van der Waals surface area contributed by atoms with Crippen LogP contribution in [0.2, 0.25) is 0 Å². The minimum atomic E-state index is -0.477. The third-order valence-electron chi connectivity index (χ3n) is 3.74. The van der Waals surface area contributed by atoms with E-state index in [4.69, 9.17) is 14.2 Å². The Labute approximate surface area is 157 Å². The zero-order valence-corrected chi connectivity index (χ0v) is 15.0. The summed E-state index contributed by atoms with van der Waals surface area (Å²) in [5.41, 5.74) is 2.02. The number of pyridine rings is 1. The van der Waals surface area contributed by atoms with Gasteiger partial charge in [-0.15, -0.1) is 0 Å². The molecule has 1 aromatic heterocycles. The number of esters is 1. The van der Waals surface area contributed by atoms with E-state index in [-0.39, 0.29) is 0 Å². The van der Waals surface area contributed by atoms with Gasteiger partial charge < -0.3 is 14.2 Å². The average molecular weight is 362 g/mol. The Kier molecular flexibility index (Phi) is 5.79. The maximum Gasteiger partial charge on any atom is 0.343 e. The van der Waals surface area contributed by atoms with Gasteiger partial charge in [-0.1, -0.05) is 0 Å². The molecule has 0 fully saturated rings. The van der Waals surface area contributed by atoms with Crippen molar-refractivity contribution >= 4 is 17.9 Å². The van der Waals surface area contributed by atoms with Gasteiger partial charge in [0.25, 0.3) is 0 Å². The topological polar surface area (TPSA) is 70.0 Å². The molecule has 2 aromatic carbocycles. The summed E-state index contributed by atoms with van der Waals surface area (Å²) in [4.78, 5) is 20.5. The molecule has 6 nitrogen and oxygen atoms in total. The molecule has 3 aromatic rings. The molecule has 0 amide bonds. The van der Waals surface area contributed by atoms with Crippen molar-refractivity contribution in [2.75, 3.05) is 14.2 Å². The lowest BCUT2D eigenvalue weighted by atomic mass is 10.2. The highest BCUT2D eigenvalue weighted by Gasteiger charge is 2.12. The van der Waals surface area contributed by atoms with Gasteiger partial charge in [-0.05, 0) is 60.2 Å². The third kappa shape index (κ3) is 4.70. The highest BCUT2D eigenvalue weighted by Crippen LogP contribution is 2.28. The predicted octanol–water partition coefficient (Wildman–Crippen LogP) is 4.07. The summed E-state index contributed by atoms with van der Waals surface area (Å²) >= 11 is 0. The fraction of sp³-hybridized carbons (Fsp3) is 0.0952. The number of carbonyl (C=O) groups excluding carboxylic acids is 1. The average Bonchev–Trinajstić information content (AvgIpc) is 2.74. The summed E-state index contributed by atoms with van der Waals surface area (Å²) in [5, 5.41) is 0. The van der Waals surface area contributed by atoms with E-state index in [1.165, 1.54) is 19.5 Å². The molecular weight excluding hydrogens is 344 g/mol. The number of rotatable bonds is 6. The zero-order valence-electron chi connectivity index (χ0n) is 15.0. The number of hydrogen-bond acceptors (Lipinski definition) is 6. The van der Waals surface area contributed by atoms with Crippen molar-refractivity contribution in [3.05, 3.63) is 78.1 Å². The first-order valence-corrected chi connectivity index (χ1v) is 8.18. The van der Waals surface area contributed by atoms with Crippen molar-refractivity contribution in [2.24, 2.45) is 4.99 Å². The Morgan fingerprint density at radius 3 is 2.33 bits per heavy atom. The Bertz CT molecular complexity index is 938. The summed E-state index contributed by atoms with van der Waals surface area (Å²) in [6, 6.07) is 15.8. The summed E-state index contributed by atoms with van der Waals surface area (Å²) in [5.74, 6) is 1.07. The Morgan fingerprint density at radius 1 is 0.926 bits per heavy atom. The first-order valence-electron chi connectivity index (χ1n) is 8.18. The van der Waals surface area contributed by atoms with Gasteiger partial charge in [0.15, 0.2) is 11.5 Å². The molecule has 6 heteroatoms. The molecule has 1 heterocycles. The van der Waals surface area contributed by atoms with Crippen molar-refractivity contribution < 1.29 is 19.0 Å². The highest BCUT2D eigenvalue weighted by molar-refractivity contribution is 5.91. The van der Waals surface area contributed by atoms with E-state index in [1.807, 2.05) is 24.3 Å². The second-order valence-electron chi connectivity index (χ2n) is 5.49. The zero-order chi connectivity index (χ0) is 19.1. The highest BCUT2D eigenvalue weighted by atomic mass is 16.6. The molecule has 0 saturated heterocycles. The van der Waals surface area contributed by atoms with E-state index in [0.29, 0.717) is 17.1 Å². The van der Waals surface area contributed by atoms with Crippen LogP contribution in [0.3, 0.4) is 0 Å². The minimum absolute atomic E-state index is 0.334. The molecule has 0 aliphatic rings. The molecule has 0 bridgehead atoms. The van der Waals surface area contributed by atoms with Crippen LogP contribution in [0.25, 0.3) is 0 Å². The number of carbonyl (C=O) groups is 1. The van der Waals surface area contributed by atoms with Gasteiger partial charge in [0.05, 0.1) is 25.5 Å². The first-order chi connectivity index (χ1) is 13.2. The third-order valence-corrected chi connectivity index (χ3v) is 3.74. The van der Waals surface area contributed by atoms with Crippen LogP contribution in [0.15, 0.2) is 72.0 Å².